The van der Waals surface area contributed by atoms with Crippen molar-refractivity contribution in [1.82, 2.24) is 4.98 Å². The van der Waals surface area contributed by atoms with Crippen molar-refractivity contribution in [2.24, 2.45) is 0 Å². The van der Waals surface area contributed by atoms with Crippen molar-refractivity contribution in [3.63, 3.8) is 0 Å². The topological polar surface area (TPSA) is 12.9 Å². The maximum atomic E-state index is 5.70. The van der Waals surface area contributed by atoms with Crippen LogP contribution in [0.2, 0.25) is 0 Å². The molecule has 0 saturated heterocycles. The van der Waals surface area contributed by atoms with Crippen LogP contribution < -0.4 is 0 Å². The van der Waals surface area contributed by atoms with E-state index < -0.39 is 0 Å². The largest absolute Gasteiger partial charge is 0.241 e. The summed E-state index contributed by atoms with van der Waals surface area (Å²) in [6.07, 6.45) is 0.858. The van der Waals surface area contributed by atoms with E-state index in [-0.39, 0.29) is 0 Å². The molecular weight excluding hydrogens is 238 g/mol. The van der Waals surface area contributed by atoms with Crippen LogP contribution in [0.4, 0.5) is 0 Å². The fraction of sp³-hybridized carbons (Fsp3) is 0.308. The molecule has 0 spiro atoms. The Morgan fingerprint density at radius 2 is 2.06 bits per heavy atom. The summed E-state index contributed by atoms with van der Waals surface area (Å²) in [5.74, 6) is 0.639. The van der Waals surface area contributed by atoms with Crippen molar-refractivity contribution in [2.75, 3.05) is 5.88 Å². The van der Waals surface area contributed by atoms with Crippen LogP contribution in [-0.2, 0) is 6.42 Å². The highest BCUT2D eigenvalue weighted by Crippen LogP contribution is 2.24. The molecule has 0 amide bonds. The maximum absolute atomic E-state index is 5.70. The van der Waals surface area contributed by atoms with Gasteiger partial charge in [-0.05, 0) is 31.0 Å². The average Bonchev–Trinajstić information content (AvgIpc) is 2.71. The van der Waals surface area contributed by atoms with E-state index >= 15 is 0 Å². The number of hydrogen-bond donors (Lipinski definition) is 0. The first-order valence-corrected chi connectivity index (χ1v) is 6.70. The zero-order chi connectivity index (χ0) is 11.5. The van der Waals surface area contributed by atoms with Crippen molar-refractivity contribution in [3.8, 4) is 11.3 Å². The second-order valence-electron chi connectivity index (χ2n) is 3.86. The second kappa shape index (κ2) is 4.98. The Labute approximate surface area is 105 Å². The first kappa shape index (κ1) is 11.6. The Balaban J connectivity index is 2.31. The monoisotopic (exact) mass is 251 g/mol. The lowest BCUT2D eigenvalue weighted by Gasteiger charge is -2.02. The molecule has 0 aliphatic heterocycles. The SMILES string of the molecule is Cc1ccc(-c2csc(CCCl)n2)cc1C. The third kappa shape index (κ3) is 2.45. The summed E-state index contributed by atoms with van der Waals surface area (Å²) in [6.45, 7) is 4.25. The average molecular weight is 252 g/mol. The molecule has 84 valence electrons. The minimum absolute atomic E-state index is 0.639. The molecule has 1 aromatic carbocycles. The van der Waals surface area contributed by atoms with Crippen LogP contribution in [0.1, 0.15) is 16.1 Å². The van der Waals surface area contributed by atoms with Crippen molar-refractivity contribution in [3.05, 3.63) is 39.7 Å². The fourth-order valence-electron chi connectivity index (χ4n) is 1.54. The van der Waals surface area contributed by atoms with Gasteiger partial charge in [0.1, 0.15) is 0 Å². The van der Waals surface area contributed by atoms with Crippen LogP contribution in [0, 0.1) is 13.8 Å². The van der Waals surface area contributed by atoms with Gasteiger partial charge in [-0.2, -0.15) is 0 Å². The number of rotatable bonds is 3. The lowest BCUT2D eigenvalue weighted by Crippen LogP contribution is -1.86. The molecule has 0 unspecified atom stereocenters. The lowest BCUT2D eigenvalue weighted by atomic mass is 10.1. The van der Waals surface area contributed by atoms with Gasteiger partial charge in [-0.3, -0.25) is 0 Å². The Morgan fingerprint density at radius 3 is 2.75 bits per heavy atom. The number of aryl methyl sites for hydroxylation is 3. The molecule has 0 aliphatic carbocycles. The van der Waals surface area contributed by atoms with E-state index in [2.05, 4.69) is 42.4 Å². The van der Waals surface area contributed by atoms with Crippen LogP contribution in [0.25, 0.3) is 11.3 Å². The molecular formula is C13H14ClNS. The van der Waals surface area contributed by atoms with Crippen LogP contribution in [0.3, 0.4) is 0 Å². The molecule has 3 heteroatoms. The molecule has 0 N–H and O–H groups in total. The Hall–Kier alpha value is -0.860. The fourth-order valence-corrected chi connectivity index (χ4v) is 2.64. The van der Waals surface area contributed by atoms with E-state index in [9.17, 15) is 0 Å². The van der Waals surface area contributed by atoms with Crippen LogP contribution in [-0.4, -0.2) is 10.9 Å². The lowest BCUT2D eigenvalue weighted by molar-refractivity contribution is 1.10. The van der Waals surface area contributed by atoms with Gasteiger partial charge in [-0.25, -0.2) is 4.98 Å². The molecule has 1 aromatic heterocycles. The van der Waals surface area contributed by atoms with E-state index in [4.69, 9.17) is 11.6 Å². The van der Waals surface area contributed by atoms with Crippen molar-refractivity contribution in [2.45, 2.75) is 20.3 Å². The molecule has 0 atom stereocenters. The first-order valence-electron chi connectivity index (χ1n) is 5.28. The van der Waals surface area contributed by atoms with Crippen molar-refractivity contribution >= 4 is 22.9 Å². The molecule has 1 heterocycles. The number of nitrogens with zero attached hydrogens (tertiary/aromatic N) is 1. The van der Waals surface area contributed by atoms with Crippen LogP contribution >= 0.6 is 22.9 Å². The zero-order valence-corrected chi connectivity index (χ0v) is 11.0. The van der Waals surface area contributed by atoms with Gasteiger partial charge in [0.15, 0.2) is 0 Å². The number of thiazole rings is 1. The van der Waals surface area contributed by atoms with Crippen LogP contribution in [0.15, 0.2) is 23.6 Å². The molecule has 0 saturated carbocycles. The molecule has 0 aliphatic rings. The van der Waals surface area contributed by atoms with E-state index in [0.717, 1.165) is 17.1 Å². The Kier molecular flexibility index (Phi) is 3.62. The highest BCUT2D eigenvalue weighted by Gasteiger charge is 2.05. The molecule has 0 fully saturated rings. The van der Waals surface area contributed by atoms with Gasteiger partial charge in [-0.1, -0.05) is 12.1 Å². The van der Waals surface area contributed by atoms with Gasteiger partial charge in [0.25, 0.3) is 0 Å². The highest BCUT2D eigenvalue weighted by molar-refractivity contribution is 7.10. The van der Waals surface area contributed by atoms with Gasteiger partial charge < -0.3 is 0 Å². The van der Waals surface area contributed by atoms with Crippen LogP contribution in [0.5, 0.6) is 0 Å². The quantitative estimate of drug-likeness (QED) is 0.745. The predicted molar refractivity (Wildman–Crippen MR) is 71.4 cm³/mol. The molecule has 2 aromatic rings. The molecule has 0 bridgehead atoms. The van der Waals surface area contributed by atoms with Gasteiger partial charge in [0.05, 0.1) is 10.7 Å². The third-order valence-corrected chi connectivity index (χ3v) is 3.76. The predicted octanol–water partition coefficient (Wildman–Crippen LogP) is 4.21. The van der Waals surface area contributed by atoms with E-state index in [1.165, 1.54) is 16.7 Å². The molecule has 2 rings (SSSR count). The molecule has 1 nitrogen and oxygen atoms in total. The standard InChI is InChI=1S/C13H14ClNS/c1-9-3-4-11(7-10(9)2)12-8-16-13(15-12)5-6-14/h3-4,7-8H,5-6H2,1-2H3. The minimum atomic E-state index is 0.639. The summed E-state index contributed by atoms with van der Waals surface area (Å²) < 4.78 is 0. The van der Waals surface area contributed by atoms with Gasteiger partial charge >= 0.3 is 0 Å². The molecule has 16 heavy (non-hydrogen) atoms. The number of hydrogen-bond acceptors (Lipinski definition) is 2. The second-order valence-corrected chi connectivity index (χ2v) is 5.19. The summed E-state index contributed by atoms with van der Waals surface area (Å²) in [5, 5.41) is 3.22. The summed E-state index contributed by atoms with van der Waals surface area (Å²) >= 11 is 7.39. The number of benzene rings is 1. The van der Waals surface area contributed by atoms with Gasteiger partial charge in [-0.15, -0.1) is 22.9 Å². The third-order valence-electron chi connectivity index (χ3n) is 2.66. The normalized spacial score (nSPS) is 10.7. The number of alkyl halides is 1. The smallest absolute Gasteiger partial charge is 0.0944 e. The first-order chi connectivity index (χ1) is 7.70. The Bertz CT molecular complexity index is 490. The Morgan fingerprint density at radius 1 is 1.25 bits per heavy atom. The van der Waals surface area contributed by atoms with Gasteiger partial charge in [0, 0.05) is 23.2 Å². The van der Waals surface area contributed by atoms with Crippen molar-refractivity contribution in [1.29, 1.82) is 0 Å². The molecule has 0 radical (unpaired) electrons. The minimum Gasteiger partial charge on any atom is -0.241 e. The summed E-state index contributed by atoms with van der Waals surface area (Å²) in [7, 11) is 0. The summed E-state index contributed by atoms with van der Waals surface area (Å²) in [5.41, 5.74) is 4.89. The highest BCUT2D eigenvalue weighted by atomic mass is 35.5. The number of halogens is 1. The van der Waals surface area contributed by atoms with E-state index in [1.807, 2.05) is 0 Å². The van der Waals surface area contributed by atoms with E-state index in [0.29, 0.717) is 5.88 Å². The summed E-state index contributed by atoms with van der Waals surface area (Å²) in [6, 6.07) is 6.46. The van der Waals surface area contributed by atoms with Crippen molar-refractivity contribution < 1.29 is 0 Å². The maximum Gasteiger partial charge on any atom is 0.0944 e. The van der Waals surface area contributed by atoms with Gasteiger partial charge in [0.2, 0.25) is 0 Å². The summed E-state index contributed by atoms with van der Waals surface area (Å²) in [4.78, 5) is 4.58. The zero-order valence-electron chi connectivity index (χ0n) is 9.46. The number of aromatic nitrogens is 1. The van der Waals surface area contributed by atoms with E-state index in [1.54, 1.807) is 11.3 Å².